The summed E-state index contributed by atoms with van der Waals surface area (Å²) in [6.45, 7) is 9.76. The Morgan fingerprint density at radius 2 is 2.17 bits per heavy atom. The van der Waals surface area contributed by atoms with Crippen molar-refractivity contribution in [2.75, 3.05) is 13.2 Å². The second kappa shape index (κ2) is 8.72. The van der Waals surface area contributed by atoms with Gasteiger partial charge in [-0.2, -0.15) is 0 Å². The highest BCUT2D eigenvalue weighted by Gasteiger charge is 1.98. The van der Waals surface area contributed by atoms with Crippen LogP contribution >= 0.6 is 0 Å². The maximum absolute atomic E-state index is 3.73. The molecule has 0 aliphatic rings. The van der Waals surface area contributed by atoms with Gasteiger partial charge in [0.2, 0.25) is 0 Å². The molecule has 1 unspecified atom stereocenters. The van der Waals surface area contributed by atoms with Crippen molar-refractivity contribution < 1.29 is 0 Å². The lowest BCUT2D eigenvalue weighted by Gasteiger charge is -2.08. The zero-order valence-corrected chi connectivity index (χ0v) is 8.47. The summed E-state index contributed by atoms with van der Waals surface area (Å²) in [5.41, 5.74) is 0. The molecule has 0 aliphatic heterocycles. The standard InChI is InChI=1S/C10H22N2/c1-4-6-10(2)7-5-8-12-9-11-3/h10,12H,3-9H2,1-2H3. The van der Waals surface area contributed by atoms with Gasteiger partial charge in [-0.15, -0.1) is 0 Å². The predicted molar refractivity (Wildman–Crippen MR) is 55.7 cm³/mol. The fourth-order valence-electron chi connectivity index (χ4n) is 1.37. The molecule has 0 bridgehead atoms. The van der Waals surface area contributed by atoms with Gasteiger partial charge in [0.15, 0.2) is 0 Å². The van der Waals surface area contributed by atoms with Gasteiger partial charge in [0.05, 0.1) is 6.67 Å². The van der Waals surface area contributed by atoms with Crippen LogP contribution in [0.5, 0.6) is 0 Å². The average Bonchev–Trinajstić information content (AvgIpc) is 2.05. The Morgan fingerprint density at radius 3 is 2.75 bits per heavy atom. The smallest absolute Gasteiger partial charge is 0.0877 e. The lowest BCUT2D eigenvalue weighted by molar-refractivity contribution is 0.460. The molecule has 0 rings (SSSR count). The van der Waals surface area contributed by atoms with E-state index < -0.39 is 0 Å². The first kappa shape index (κ1) is 11.6. The lowest BCUT2D eigenvalue weighted by atomic mass is 10.0. The molecule has 0 aromatic carbocycles. The molecule has 0 aromatic heterocycles. The Hall–Kier alpha value is -0.370. The minimum Gasteiger partial charge on any atom is -0.298 e. The number of nitrogens with zero attached hydrogens (tertiary/aromatic N) is 1. The second-order valence-corrected chi connectivity index (χ2v) is 3.42. The van der Waals surface area contributed by atoms with Gasteiger partial charge in [-0.25, -0.2) is 0 Å². The summed E-state index contributed by atoms with van der Waals surface area (Å²) in [6.07, 6.45) is 5.26. The van der Waals surface area contributed by atoms with E-state index in [4.69, 9.17) is 0 Å². The molecule has 2 nitrogen and oxygen atoms in total. The maximum atomic E-state index is 3.73. The zero-order valence-electron chi connectivity index (χ0n) is 8.47. The molecule has 72 valence electrons. The summed E-state index contributed by atoms with van der Waals surface area (Å²) in [6, 6.07) is 0. The molecule has 0 saturated heterocycles. The summed E-state index contributed by atoms with van der Waals surface area (Å²) >= 11 is 0. The molecule has 0 spiro atoms. The van der Waals surface area contributed by atoms with E-state index in [9.17, 15) is 0 Å². The van der Waals surface area contributed by atoms with Gasteiger partial charge < -0.3 is 0 Å². The van der Waals surface area contributed by atoms with Gasteiger partial charge in [-0.3, -0.25) is 10.3 Å². The Morgan fingerprint density at radius 1 is 1.42 bits per heavy atom. The molecule has 2 heteroatoms. The van der Waals surface area contributed by atoms with Crippen LogP contribution < -0.4 is 5.32 Å². The molecule has 1 atom stereocenters. The number of rotatable bonds is 8. The quantitative estimate of drug-likeness (QED) is 0.439. The largest absolute Gasteiger partial charge is 0.298 e. The van der Waals surface area contributed by atoms with Crippen molar-refractivity contribution in [2.24, 2.45) is 10.9 Å². The second-order valence-electron chi connectivity index (χ2n) is 3.42. The van der Waals surface area contributed by atoms with Crippen molar-refractivity contribution in [3.8, 4) is 0 Å². The van der Waals surface area contributed by atoms with Gasteiger partial charge in [-0.1, -0.05) is 26.7 Å². The first-order chi connectivity index (χ1) is 5.81. The van der Waals surface area contributed by atoms with Crippen LogP contribution in [0.25, 0.3) is 0 Å². The van der Waals surface area contributed by atoms with Crippen LogP contribution in [0.15, 0.2) is 4.99 Å². The van der Waals surface area contributed by atoms with Crippen molar-refractivity contribution in [2.45, 2.75) is 39.5 Å². The van der Waals surface area contributed by atoms with Gasteiger partial charge in [-0.05, 0) is 32.0 Å². The summed E-state index contributed by atoms with van der Waals surface area (Å²) in [5, 5.41) is 3.20. The van der Waals surface area contributed by atoms with E-state index in [2.05, 4.69) is 30.9 Å². The molecule has 0 radical (unpaired) electrons. The topological polar surface area (TPSA) is 24.4 Å². The van der Waals surface area contributed by atoms with Crippen LogP contribution in [-0.2, 0) is 0 Å². The Bertz CT molecular complexity index is 102. The Kier molecular flexibility index (Phi) is 8.46. The number of hydrogen-bond acceptors (Lipinski definition) is 2. The molecular weight excluding hydrogens is 148 g/mol. The van der Waals surface area contributed by atoms with Crippen LogP contribution in [0.3, 0.4) is 0 Å². The van der Waals surface area contributed by atoms with Crippen LogP contribution in [0.2, 0.25) is 0 Å². The van der Waals surface area contributed by atoms with E-state index in [1.54, 1.807) is 0 Å². The highest BCUT2D eigenvalue weighted by Crippen LogP contribution is 2.11. The lowest BCUT2D eigenvalue weighted by Crippen LogP contribution is -2.15. The van der Waals surface area contributed by atoms with Gasteiger partial charge in [0, 0.05) is 0 Å². The van der Waals surface area contributed by atoms with Crippen molar-refractivity contribution in [3.05, 3.63) is 0 Å². The molecular formula is C10H22N2. The van der Waals surface area contributed by atoms with E-state index in [-0.39, 0.29) is 0 Å². The van der Waals surface area contributed by atoms with Gasteiger partial charge in [0.1, 0.15) is 0 Å². The van der Waals surface area contributed by atoms with Crippen molar-refractivity contribution in [3.63, 3.8) is 0 Å². The molecule has 0 aromatic rings. The fraction of sp³-hybridized carbons (Fsp3) is 0.900. The highest BCUT2D eigenvalue weighted by atomic mass is 15.0. The van der Waals surface area contributed by atoms with Gasteiger partial charge in [0.25, 0.3) is 0 Å². The molecule has 0 aliphatic carbocycles. The summed E-state index contributed by atoms with van der Waals surface area (Å²) in [4.78, 5) is 3.73. The van der Waals surface area contributed by atoms with Crippen molar-refractivity contribution >= 4 is 6.72 Å². The van der Waals surface area contributed by atoms with Crippen LogP contribution in [0.1, 0.15) is 39.5 Å². The summed E-state index contributed by atoms with van der Waals surface area (Å²) < 4.78 is 0. The maximum Gasteiger partial charge on any atom is 0.0877 e. The predicted octanol–water partition coefficient (Wildman–Crippen LogP) is 2.45. The minimum atomic E-state index is 0.697. The molecule has 0 amide bonds. The first-order valence-electron chi connectivity index (χ1n) is 4.94. The molecule has 12 heavy (non-hydrogen) atoms. The first-order valence-corrected chi connectivity index (χ1v) is 4.94. The van der Waals surface area contributed by atoms with Crippen LogP contribution in [0.4, 0.5) is 0 Å². The number of aliphatic imine (C=N–C) groups is 1. The molecule has 1 N–H and O–H groups in total. The molecule has 0 saturated carbocycles. The molecule has 0 fully saturated rings. The van der Waals surface area contributed by atoms with Crippen molar-refractivity contribution in [1.82, 2.24) is 5.32 Å². The minimum absolute atomic E-state index is 0.697. The summed E-state index contributed by atoms with van der Waals surface area (Å²) in [5.74, 6) is 0.883. The van der Waals surface area contributed by atoms with Crippen LogP contribution in [-0.4, -0.2) is 19.9 Å². The Balaban J connectivity index is 3.02. The van der Waals surface area contributed by atoms with Crippen LogP contribution in [0, 0.1) is 5.92 Å². The zero-order chi connectivity index (χ0) is 9.23. The van der Waals surface area contributed by atoms with E-state index in [0.29, 0.717) is 6.67 Å². The third-order valence-electron chi connectivity index (χ3n) is 2.06. The molecule has 0 heterocycles. The SMILES string of the molecule is C=NCNCCCC(C)CCC. The van der Waals surface area contributed by atoms with Crippen molar-refractivity contribution in [1.29, 1.82) is 0 Å². The van der Waals surface area contributed by atoms with E-state index in [1.165, 1.54) is 25.7 Å². The highest BCUT2D eigenvalue weighted by molar-refractivity contribution is 5.22. The summed E-state index contributed by atoms with van der Waals surface area (Å²) in [7, 11) is 0. The van der Waals surface area contributed by atoms with E-state index in [0.717, 1.165) is 12.5 Å². The van der Waals surface area contributed by atoms with E-state index >= 15 is 0 Å². The number of hydrogen-bond donors (Lipinski definition) is 1. The number of nitrogens with one attached hydrogen (secondary N) is 1. The van der Waals surface area contributed by atoms with E-state index in [1.807, 2.05) is 0 Å². The monoisotopic (exact) mass is 170 g/mol. The fourth-order valence-corrected chi connectivity index (χ4v) is 1.37. The van der Waals surface area contributed by atoms with Gasteiger partial charge >= 0.3 is 0 Å². The normalized spacial score (nSPS) is 12.8. The Labute approximate surface area is 76.5 Å². The third kappa shape index (κ3) is 7.73. The average molecular weight is 170 g/mol. The third-order valence-corrected chi connectivity index (χ3v) is 2.06.